The average molecular weight is 438 g/mol. The molecule has 1 atom stereocenters. The quantitative estimate of drug-likeness (QED) is 0.499. The summed E-state index contributed by atoms with van der Waals surface area (Å²) in [7, 11) is 0. The van der Waals surface area contributed by atoms with Crippen molar-refractivity contribution in [1.29, 1.82) is 0 Å². The highest BCUT2D eigenvalue weighted by molar-refractivity contribution is 6.30. The molecule has 0 spiro atoms. The normalized spacial score (nSPS) is 18.3. The number of aliphatic hydroxyl groups is 1. The fraction of sp³-hybridized carbons (Fsp3) is 0.545. The topological polar surface area (TPSA) is 99.7 Å². The summed E-state index contributed by atoms with van der Waals surface area (Å²) in [5.41, 5.74) is -1.26. The molecule has 0 fully saturated rings. The van der Waals surface area contributed by atoms with Gasteiger partial charge in [-0.2, -0.15) is 0 Å². The Morgan fingerprint density at radius 2 is 1.70 bits per heavy atom. The Labute approximate surface area is 183 Å². The maximum absolute atomic E-state index is 12.5. The van der Waals surface area contributed by atoms with Gasteiger partial charge in [0.05, 0.1) is 6.10 Å². The van der Waals surface area contributed by atoms with E-state index in [1.165, 1.54) is 0 Å². The molecule has 1 unspecified atom stereocenters. The fourth-order valence-corrected chi connectivity index (χ4v) is 3.57. The molecule has 8 heteroatoms. The number of halogens is 1. The molecule has 0 saturated carbocycles. The Bertz CT molecular complexity index is 816. The van der Waals surface area contributed by atoms with Gasteiger partial charge >= 0.3 is 0 Å². The van der Waals surface area contributed by atoms with Crippen LogP contribution in [0.4, 0.5) is 0 Å². The van der Waals surface area contributed by atoms with Crippen LogP contribution in [0, 0.1) is 0 Å². The average Bonchev–Trinajstić information content (AvgIpc) is 2.86. The zero-order valence-corrected chi connectivity index (χ0v) is 19.2. The summed E-state index contributed by atoms with van der Waals surface area (Å²) in [6.45, 7) is 11.1. The minimum absolute atomic E-state index is 0.0152. The number of amides is 2. The lowest BCUT2D eigenvalue weighted by Gasteiger charge is -2.28. The highest BCUT2D eigenvalue weighted by Gasteiger charge is 2.40. The van der Waals surface area contributed by atoms with Crippen LogP contribution in [0.2, 0.25) is 5.02 Å². The van der Waals surface area contributed by atoms with E-state index in [1.54, 1.807) is 38.1 Å². The summed E-state index contributed by atoms with van der Waals surface area (Å²) in [5, 5.41) is 19.5. The van der Waals surface area contributed by atoms with Crippen LogP contribution in [-0.2, 0) is 9.59 Å². The first-order chi connectivity index (χ1) is 13.7. The van der Waals surface area contributed by atoms with E-state index in [0.29, 0.717) is 16.3 Å². The summed E-state index contributed by atoms with van der Waals surface area (Å²) in [4.78, 5) is 25.0. The Morgan fingerprint density at radius 3 is 2.23 bits per heavy atom. The third kappa shape index (κ3) is 6.45. The van der Waals surface area contributed by atoms with E-state index in [-0.39, 0.29) is 30.4 Å². The minimum Gasteiger partial charge on any atom is -0.478 e. The van der Waals surface area contributed by atoms with Crippen LogP contribution in [0.1, 0.15) is 41.5 Å². The second kappa shape index (κ2) is 8.96. The van der Waals surface area contributed by atoms with Crippen molar-refractivity contribution < 1.29 is 19.4 Å². The van der Waals surface area contributed by atoms with Crippen molar-refractivity contribution in [2.45, 2.75) is 64.3 Å². The van der Waals surface area contributed by atoms with E-state index < -0.39 is 17.2 Å². The predicted octanol–water partition coefficient (Wildman–Crippen LogP) is 2.18. The van der Waals surface area contributed by atoms with Crippen molar-refractivity contribution in [1.82, 2.24) is 16.0 Å². The van der Waals surface area contributed by atoms with Gasteiger partial charge in [-0.25, -0.2) is 0 Å². The van der Waals surface area contributed by atoms with Gasteiger partial charge in [-0.15, -0.1) is 0 Å². The molecule has 7 nitrogen and oxygen atoms in total. The number of carbonyl (C=O) groups is 2. The third-order valence-corrected chi connectivity index (χ3v) is 5.04. The van der Waals surface area contributed by atoms with Crippen LogP contribution in [-0.4, -0.2) is 52.8 Å². The highest BCUT2D eigenvalue weighted by atomic mass is 35.5. The number of aliphatic hydroxyl groups excluding tert-OH is 1. The number of hydrogen-bond donors (Lipinski definition) is 4. The van der Waals surface area contributed by atoms with Crippen LogP contribution >= 0.6 is 11.6 Å². The number of ether oxygens (including phenoxy) is 1. The van der Waals surface area contributed by atoms with Crippen molar-refractivity contribution in [3.63, 3.8) is 0 Å². The van der Waals surface area contributed by atoms with E-state index in [0.717, 1.165) is 0 Å². The second-order valence-corrected chi connectivity index (χ2v) is 9.61. The Morgan fingerprint density at radius 1 is 1.13 bits per heavy atom. The van der Waals surface area contributed by atoms with Gasteiger partial charge in [0.2, 0.25) is 5.91 Å². The monoisotopic (exact) mass is 437 g/mol. The van der Waals surface area contributed by atoms with Gasteiger partial charge in [0.25, 0.3) is 5.91 Å². The summed E-state index contributed by atoms with van der Waals surface area (Å²) in [6, 6.07) is 6.71. The SMILES string of the molecule is CC1(C)C=C(C(=O)NCC(O)CNC(=O)C(C)(C)Oc2ccc(Cl)cc2)C(C)(C)N1. The summed E-state index contributed by atoms with van der Waals surface area (Å²) < 4.78 is 5.72. The van der Waals surface area contributed by atoms with Crippen molar-refractivity contribution in [2.24, 2.45) is 0 Å². The number of benzene rings is 1. The van der Waals surface area contributed by atoms with E-state index in [9.17, 15) is 14.7 Å². The van der Waals surface area contributed by atoms with Crippen LogP contribution in [0.5, 0.6) is 5.75 Å². The maximum atomic E-state index is 12.5. The van der Waals surface area contributed by atoms with Gasteiger partial charge in [-0.05, 0) is 65.8 Å². The lowest BCUT2D eigenvalue weighted by Crippen LogP contribution is -2.50. The standard InChI is InChI=1S/C22H32ClN3O4/c1-20(2)11-17(21(3,4)26-20)18(28)24-12-15(27)13-25-19(29)22(5,6)30-16-9-7-14(23)8-10-16/h7-11,15,26-27H,12-13H2,1-6H3,(H,24,28)(H,25,29). The van der Waals surface area contributed by atoms with Gasteiger partial charge in [0.1, 0.15) is 5.75 Å². The van der Waals surface area contributed by atoms with Crippen molar-refractivity contribution in [3.05, 3.63) is 40.9 Å². The number of hydrogen-bond acceptors (Lipinski definition) is 5. The van der Waals surface area contributed by atoms with Gasteiger partial charge in [0.15, 0.2) is 5.60 Å². The minimum atomic E-state index is -1.15. The molecular formula is C22H32ClN3O4. The molecule has 30 heavy (non-hydrogen) atoms. The van der Waals surface area contributed by atoms with E-state index >= 15 is 0 Å². The van der Waals surface area contributed by atoms with Gasteiger partial charge < -0.3 is 20.5 Å². The number of nitrogens with one attached hydrogen (secondary N) is 3. The molecule has 1 heterocycles. The van der Waals surface area contributed by atoms with Crippen LogP contribution < -0.4 is 20.7 Å². The molecule has 0 aliphatic carbocycles. The number of carbonyl (C=O) groups excluding carboxylic acids is 2. The molecule has 1 aromatic rings. The van der Waals surface area contributed by atoms with Gasteiger partial charge in [-0.3, -0.25) is 14.9 Å². The molecule has 1 aliphatic rings. The van der Waals surface area contributed by atoms with E-state index in [4.69, 9.17) is 16.3 Å². The smallest absolute Gasteiger partial charge is 0.263 e. The summed E-state index contributed by atoms with van der Waals surface area (Å²) in [5.74, 6) is -0.111. The first-order valence-corrected chi connectivity index (χ1v) is 10.3. The van der Waals surface area contributed by atoms with E-state index in [2.05, 4.69) is 16.0 Å². The molecule has 0 radical (unpaired) electrons. The summed E-state index contributed by atoms with van der Waals surface area (Å²) >= 11 is 5.85. The summed E-state index contributed by atoms with van der Waals surface area (Å²) in [6.07, 6.45) is 0.961. The second-order valence-electron chi connectivity index (χ2n) is 9.17. The number of rotatable bonds is 8. The largest absolute Gasteiger partial charge is 0.478 e. The lowest BCUT2D eigenvalue weighted by atomic mass is 9.96. The molecule has 1 aliphatic heterocycles. The zero-order valence-electron chi connectivity index (χ0n) is 18.4. The Kier molecular flexibility index (Phi) is 7.22. The van der Waals surface area contributed by atoms with Crippen molar-refractivity contribution >= 4 is 23.4 Å². The lowest BCUT2D eigenvalue weighted by molar-refractivity contribution is -0.134. The molecule has 2 amide bonds. The van der Waals surface area contributed by atoms with Crippen molar-refractivity contribution in [3.8, 4) is 5.75 Å². The molecular weight excluding hydrogens is 406 g/mol. The van der Waals surface area contributed by atoms with E-state index in [1.807, 2.05) is 33.8 Å². The van der Waals surface area contributed by atoms with Gasteiger partial charge in [-0.1, -0.05) is 17.7 Å². The Hall–Kier alpha value is -2.09. The molecule has 166 valence electrons. The molecule has 0 aromatic heterocycles. The highest BCUT2D eigenvalue weighted by Crippen LogP contribution is 2.29. The third-order valence-electron chi connectivity index (χ3n) is 4.79. The molecule has 4 N–H and O–H groups in total. The fourth-order valence-electron chi connectivity index (χ4n) is 3.44. The maximum Gasteiger partial charge on any atom is 0.263 e. The molecule has 0 saturated heterocycles. The first kappa shape index (κ1) is 24.2. The molecule has 0 bridgehead atoms. The zero-order chi connectivity index (χ0) is 22.7. The molecule has 2 rings (SSSR count). The van der Waals surface area contributed by atoms with Crippen LogP contribution in [0.25, 0.3) is 0 Å². The van der Waals surface area contributed by atoms with Crippen LogP contribution in [0.15, 0.2) is 35.9 Å². The van der Waals surface area contributed by atoms with Crippen LogP contribution in [0.3, 0.4) is 0 Å². The first-order valence-electron chi connectivity index (χ1n) is 9.94. The predicted molar refractivity (Wildman–Crippen MR) is 118 cm³/mol. The van der Waals surface area contributed by atoms with Gasteiger partial charge in [0, 0.05) is 34.8 Å². The van der Waals surface area contributed by atoms with Crippen molar-refractivity contribution in [2.75, 3.05) is 13.1 Å². The Balaban J connectivity index is 1.82. The molecule has 1 aromatic carbocycles.